The van der Waals surface area contributed by atoms with Crippen molar-refractivity contribution in [1.29, 1.82) is 0 Å². The molecule has 0 fully saturated rings. The molecule has 0 aliphatic carbocycles. The van der Waals surface area contributed by atoms with Crippen molar-refractivity contribution in [3.05, 3.63) is 39.4 Å². The van der Waals surface area contributed by atoms with Gasteiger partial charge >= 0.3 is 5.69 Å². The van der Waals surface area contributed by atoms with E-state index in [0.717, 1.165) is 12.1 Å². The Morgan fingerprint density at radius 1 is 1.50 bits per heavy atom. The van der Waals surface area contributed by atoms with Crippen LogP contribution in [0.5, 0.6) is 0 Å². The van der Waals surface area contributed by atoms with Gasteiger partial charge in [0.25, 0.3) is 0 Å². The summed E-state index contributed by atoms with van der Waals surface area (Å²) in [6, 6.07) is 1.60. The van der Waals surface area contributed by atoms with Gasteiger partial charge in [0.2, 0.25) is 5.82 Å². The molecule has 0 aliphatic heterocycles. The first kappa shape index (κ1) is 10.1. The molecule has 72 valence electrons. The van der Waals surface area contributed by atoms with Crippen molar-refractivity contribution in [3.8, 4) is 12.3 Å². The average molecular weight is 197 g/mol. The SMILES string of the molecule is C#CCc1c(F)ccc([N+](=O)[O-])c1F. The largest absolute Gasteiger partial charge is 0.305 e. The van der Waals surface area contributed by atoms with Crippen LogP contribution in [0.1, 0.15) is 5.56 Å². The van der Waals surface area contributed by atoms with Gasteiger partial charge in [-0.2, -0.15) is 4.39 Å². The van der Waals surface area contributed by atoms with E-state index in [1.807, 2.05) is 5.92 Å². The predicted octanol–water partition coefficient (Wildman–Crippen LogP) is 2.05. The molecule has 0 aromatic heterocycles. The van der Waals surface area contributed by atoms with Crippen molar-refractivity contribution in [1.82, 2.24) is 0 Å². The Bertz CT molecular complexity index is 424. The van der Waals surface area contributed by atoms with Gasteiger partial charge in [0.1, 0.15) is 5.82 Å². The van der Waals surface area contributed by atoms with Crippen LogP contribution in [-0.4, -0.2) is 4.92 Å². The second-order valence-corrected chi connectivity index (χ2v) is 2.50. The Morgan fingerprint density at radius 3 is 2.64 bits per heavy atom. The topological polar surface area (TPSA) is 43.1 Å². The van der Waals surface area contributed by atoms with E-state index < -0.39 is 27.8 Å². The standard InChI is InChI=1S/C9H5F2NO2/c1-2-3-6-7(10)4-5-8(9(6)11)12(13)14/h1,4-5H,3H2. The Hall–Kier alpha value is -1.96. The van der Waals surface area contributed by atoms with Crippen molar-refractivity contribution < 1.29 is 13.7 Å². The van der Waals surface area contributed by atoms with Crippen LogP contribution in [0.15, 0.2) is 12.1 Å². The van der Waals surface area contributed by atoms with Crippen molar-refractivity contribution >= 4 is 5.69 Å². The van der Waals surface area contributed by atoms with Gasteiger partial charge in [0.15, 0.2) is 0 Å². The molecule has 0 radical (unpaired) electrons. The van der Waals surface area contributed by atoms with E-state index in [9.17, 15) is 18.9 Å². The van der Waals surface area contributed by atoms with Crippen LogP contribution >= 0.6 is 0 Å². The zero-order valence-electron chi connectivity index (χ0n) is 6.96. The minimum atomic E-state index is -1.20. The summed E-state index contributed by atoms with van der Waals surface area (Å²) >= 11 is 0. The minimum Gasteiger partial charge on any atom is -0.258 e. The molecule has 0 atom stereocenters. The lowest BCUT2D eigenvalue weighted by molar-refractivity contribution is -0.387. The molecule has 1 aromatic carbocycles. The van der Waals surface area contributed by atoms with Gasteiger partial charge in [-0.1, -0.05) is 0 Å². The molecule has 0 unspecified atom stereocenters. The molecular weight excluding hydrogens is 192 g/mol. The Labute approximate surface area is 78.5 Å². The molecule has 0 saturated heterocycles. The van der Waals surface area contributed by atoms with Crippen LogP contribution in [0.2, 0.25) is 0 Å². The molecule has 0 aliphatic rings. The van der Waals surface area contributed by atoms with Crippen LogP contribution in [0.4, 0.5) is 14.5 Å². The molecule has 1 rings (SSSR count). The normalized spacial score (nSPS) is 9.50. The monoisotopic (exact) mass is 197 g/mol. The number of halogens is 2. The second-order valence-electron chi connectivity index (χ2n) is 2.50. The fraction of sp³-hybridized carbons (Fsp3) is 0.111. The number of nitrogens with zero attached hydrogens (tertiary/aromatic N) is 1. The summed E-state index contributed by atoms with van der Waals surface area (Å²) in [5.41, 5.74) is -1.21. The van der Waals surface area contributed by atoms with E-state index in [1.165, 1.54) is 0 Å². The highest BCUT2D eigenvalue weighted by molar-refractivity contribution is 5.39. The Morgan fingerprint density at radius 2 is 2.14 bits per heavy atom. The third kappa shape index (κ3) is 1.69. The predicted molar refractivity (Wildman–Crippen MR) is 45.5 cm³/mol. The minimum absolute atomic E-state index is 0.306. The first-order valence-corrected chi connectivity index (χ1v) is 3.62. The lowest BCUT2D eigenvalue weighted by Crippen LogP contribution is -2.00. The number of terminal acetylenes is 1. The van der Waals surface area contributed by atoms with Gasteiger partial charge in [-0.3, -0.25) is 10.1 Å². The van der Waals surface area contributed by atoms with Crippen molar-refractivity contribution in [3.63, 3.8) is 0 Å². The average Bonchev–Trinajstić information content (AvgIpc) is 2.11. The summed E-state index contributed by atoms with van der Waals surface area (Å²) in [5, 5.41) is 10.3. The van der Waals surface area contributed by atoms with Crippen molar-refractivity contribution in [2.75, 3.05) is 0 Å². The fourth-order valence-corrected chi connectivity index (χ4v) is 0.990. The van der Waals surface area contributed by atoms with Crippen molar-refractivity contribution in [2.45, 2.75) is 6.42 Å². The van der Waals surface area contributed by atoms with E-state index in [-0.39, 0.29) is 6.42 Å². The van der Waals surface area contributed by atoms with Crippen molar-refractivity contribution in [2.24, 2.45) is 0 Å². The molecule has 0 saturated carbocycles. The third-order valence-corrected chi connectivity index (χ3v) is 1.64. The number of hydrogen-bond donors (Lipinski definition) is 0. The molecule has 5 heteroatoms. The number of rotatable bonds is 2. The fourth-order valence-electron chi connectivity index (χ4n) is 0.990. The van der Waals surface area contributed by atoms with Crippen LogP contribution in [0.3, 0.4) is 0 Å². The third-order valence-electron chi connectivity index (χ3n) is 1.64. The van der Waals surface area contributed by atoms with Crippen LogP contribution in [0, 0.1) is 34.1 Å². The zero-order chi connectivity index (χ0) is 10.7. The van der Waals surface area contributed by atoms with Gasteiger partial charge < -0.3 is 0 Å². The lowest BCUT2D eigenvalue weighted by atomic mass is 10.1. The molecule has 3 nitrogen and oxygen atoms in total. The number of nitro benzene ring substituents is 1. The number of nitro groups is 1. The summed E-state index contributed by atoms with van der Waals surface area (Å²) in [6.07, 6.45) is 4.57. The van der Waals surface area contributed by atoms with Gasteiger partial charge in [0.05, 0.1) is 4.92 Å². The zero-order valence-corrected chi connectivity index (χ0v) is 6.96. The summed E-state index contributed by atoms with van der Waals surface area (Å²) in [7, 11) is 0. The summed E-state index contributed by atoms with van der Waals surface area (Å²) in [5.74, 6) is -0.0412. The molecular formula is C9H5F2NO2. The molecule has 0 spiro atoms. The highest BCUT2D eigenvalue weighted by Crippen LogP contribution is 2.22. The maximum atomic E-state index is 13.2. The molecule has 1 aromatic rings. The van der Waals surface area contributed by atoms with Gasteiger partial charge in [-0.15, -0.1) is 12.3 Å². The van der Waals surface area contributed by atoms with E-state index in [1.54, 1.807) is 0 Å². The van der Waals surface area contributed by atoms with E-state index in [4.69, 9.17) is 6.42 Å². The quantitative estimate of drug-likeness (QED) is 0.413. The van der Waals surface area contributed by atoms with Gasteiger partial charge in [0, 0.05) is 18.1 Å². The molecule has 0 bridgehead atoms. The van der Waals surface area contributed by atoms with Crippen LogP contribution in [-0.2, 0) is 6.42 Å². The van der Waals surface area contributed by atoms with Gasteiger partial charge in [-0.25, -0.2) is 4.39 Å². The summed E-state index contributed by atoms with van der Waals surface area (Å²) < 4.78 is 26.1. The van der Waals surface area contributed by atoms with E-state index >= 15 is 0 Å². The Kier molecular flexibility index (Phi) is 2.77. The summed E-state index contributed by atoms with van der Waals surface area (Å²) in [4.78, 5) is 9.36. The molecule has 14 heavy (non-hydrogen) atoms. The lowest BCUT2D eigenvalue weighted by Gasteiger charge is -2.00. The van der Waals surface area contributed by atoms with E-state index in [0.29, 0.717) is 0 Å². The van der Waals surface area contributed by atoms with Crippen LogP contribution in [0.25, 0.3) is 0 Å². The smallest absolute Gasteiger partial charge is 0.258 e. The summed E-state index contributed by atoms with van der Waals surface area (Å²) in [6.45, 7) is 0. The maximum absolute atomic E-state index is 13.2. The van der Waals surface area contributed by atoms with Gasteiger partial charge in [-0.05, 0) is 6.07 Å². The number of hydrogen-bond acceptors (Lipinski definition) is 2. The maximum Gasteiger partial charge on any atom is 0.305 e. The number of benzene rings is 1. The molecule has 0 N–H and O–H groups in total. The second kappa shape index (κ2) is 3.83. The highest BCUT2D eigenvalue weighted by atomic mass is 19.1. The van der Waals surface area contributed by atoms with Crippen LogP contribution < -0.4 is 0 Å². The Balaban J connectivity index is 3.35. The highest BCUT2D eigenvalue weighted by Gasteiger charge is 2.20. The van der Waals surface area contributed by atoms with E-state index in [2.05, 4.69) is 0 Å². The first-order chi connectivity index (χ1) is 6.57. The molecule has 0 heterocycles. The molecule has 0 amide bonds. The first-order valence-electron chi connectivity index (χ1n) is 3.62.